The van der Waals surface area contributed by atoms with Crippen LogP contribution < -0.4 is 5.32 Å². The number of aliphatic carboxylic acids is 1. The zero-order valence-electron chi connectivity index (χ0n) is 10.9. The molecule has 2 heterocycles. The highest BCUT2D eigenvalue weighted by Gasteiger charge is 2.50. The third-order valence-corrected chi connectivity index (χ3v) is 4.35. The van der Waals surface area contributed by atoms with Gasteiger partial charge in [-0.2, -0.15) is 0 Å². The molecule has 2 saturated heterocycles. The highest BCUT2D eigenvalue weighted by molar-refractivity contribution is 5.80. The van der Waals surface area contributed by atoms with E-state index in [9.17, 15) is 9.90 Å². The number of likely N-dealkylation sites (tertiary alicyclic amines) is 1. The van der Waals surface area contributed by atoms with Gasteiger partial charge in [0, 0.05) is 12.1 Å². The van der Waals surface area contributed by atoms with E-state index in [-0.39, 0.29) is 6.04 Å². The smallest absolute Gasteiger partial charge is 0.325 e. The summed E-state index contributed by atoms with van der Waals surface area (Å²) in [6.45, 7) is 6.22. The predicted molar refractivity (Wildman–Crippen MR) is 67.1 cm³/mol. The first kappa shape index (κ1) is 12.8. The summed E-state index contributed by atoms with van der Waals surface area (Å²) in [4.78, 5) is 14.1. The van der Waals surface area contributed by atoms with Crippen molar-refractivity contribution in [3.63, 3.8) is 0 Å². The monoisotopic (exact) mass is 240 g/mol. The van der Waals surface area contributed by atoms with E-state index in [0.717, 1.165) is 38.8 Å². The lowest BCUT2D eigenvalue weighted by Crippen LogP contribution is -2.65. The van der Waals surface area contributed by atoms with E-state index < -0.39 is 11.5 Å². The Labute approximate surface area is 103 Å². The van der Waals surface area contributed by atoms with E-state index in [4.69, 9.17) is 0 Å². The van der Waals surface area contributed by atoms with Crippen LogP contribution in [0.25, 0.3) is 0 Å². The van der Waals surface area contributed by atoms with Gasteiger partial charge in [-0.1, -0.05) is 6.42 Å². The number of nitrogens with one attached hydrogen (secondary N) is 1. The van der Waals surface area contributed by atoms with Crippen LogP contribution in [0.3, 0.4) is 0 Å². The van der Waals surface area contributed by atoms with Gasteiger partial charge >= 0.3 is 5.97 Å². The number of hydrogen-bond donors (Lipinski definition) is 2. The first-order chi connectivity index (χ1) is 8.08. The topological polar surface area (TPSA) is 52.6 Å². The molecule has 4 nitrogen and oxygen atoms in total. The van der Waals surface area contributed by atoms with Gasteiger partial charge in [0.05, 0.1) is 0 Å². The number of carboxylic acids is 1. The number of rotatable bonds is 3. The molecule has 2 rings (SSSR count). The van der Waals surface area contributed by atoms with Gasteiger partial charge in [-0.25, -0.2) is 0 Å². The van der Waals surface area contributed by atoms with Crippen LogP contribution in [0.2, 0.25) is 0 Å². The van der Waals surface area contributed by atoms with Crippen molar-refractivity contribution in [2.45, 2.75) is 63.6 Å². The Morgan fingerprint density at radius 3 is 2.71 bits per heavy atom. The van der Waals surface area contributed by atoms with Gasteiger partial charge in [-0.3, -0.25) is 9.69 Å². The second kappa shape index (κ2) is 4.94. The third-order valence-electron chi connectivity index (χ3n) is 4.35. The Hall–Kier alpha value is -0.610. The maximum atomic E-state index is 11.7. The number of hydrogen-bond acceptors (Lipinski definition) is 3. The Balaban J connectivity index is 2.24. The minimum absolute atomic E-state index is 0.163. The average molecular weight is 240 g/mol. The molecule has 2 aliphatic rings. The molecular formula is C13H24N2O2. The highest BCUT2D eigenvalue weighted by atomic mass is 16.4. The molecule has 0 spiro atoms. The van der Waals surface area contributed by atoms with Crippen molar-refractivity contribution < 1.29 is 9.90 Å². The first-order valence-electron chi connectivity index (χ1n) is 6.82. The molecule has 2 aliphatic heterocycles. The number of nitrogens with zero attached hydrogens (tertiary/aromatic N) is 1. The van der Waals surface area contributed by atoms with Gasteiger partial charge in [-0.05, 0) is 52.6 Å². The standard InChI is InChI=1S/C13H24N2O2/c1-10(2)15-9-4-3-6-11(15)13(12(16)17)7-5-8-14-13/h10-11,14H,3-9H2,1-2H3,(H,16,17). The molecule has 0 radical (unpaired) electrons. The normalized spacial score (nSPS) is 35.4. The van der Waals surface area contributed by atoms with Crippen LogP contribution in [0, 0.1) is 0 Å². The summed E-state index contributed by atoms with van der Waals surface area (Å²) in [5.74, 6) is -0.660. The van der Waals surface area contributed by atoms with Crippen molar-refractivity contribution in [1.82, 2.24) is 10.2 Å². The number of piperidine rings is 1. The molecule has 0 amide bonds. The van der Waals surface area contributed by atoms with Crippen molar-refractivity contribution in [2.75, 3.05) is 13.1 Å². The van der Waals surface area contributed by atoms with E-state index in [2.05, 4.69) is 24.1 Å². The zero-order valence-corrected chi connectivity index (χ0v) is 10.9. The molecule has 17 heavy (non-hydrogen) atoms. The van der Waals surface area contributed by atoms with Crippen molar-refractivity contribution in [3.05, 3.63) is 0 Å². The van der Waals surface area contributed by atoms with Crippen LogP contribution in [0.4, 0.5) is 0 Å². The second-order valence-electron chi connectivity index (χ2n) is 5.65. The summed E-state index contributed by atoms with van der Waals surface area (Å²) in [6, 6.07) is 0.593. The van der Waals surface area contributed by atoms with Crippen LogP contribution in [-0.2, 0) is 4.79 Å². The summed E-state index contributed by atoms with van der Waals surface area (Å²) in [7, 11) is 0. The van der Waals surface area contributed by atoms with Crippen molar-refractivity contribution in [2.24, 2.45) is 0 Å². The maximum absolute atomic E-state index is 11.7. The molecule has 0 aliphatic carbocycles. The van der Waals surface area contributed by atoms with E-state index >= 15 is 0 Å². The molecule has 0 saturated carbocycles. The van der Waals surface area contributed by atoms with Gasteiger partial charge in [0.2, 0.25) is 0 Å². The molecule has 2 N–H and O–H groups in total. The van der Waals surface area contributed by atoms with Crippen LogP contribution in [0.1, 0.15) is 46.0 Å². The Kier molecular flexibility index (Phi) is 3.73. The van der Waals surface area contributed by atoms with Gasteiger partial charge in [0.1, 0.15) is 5.54 Å². The van der Waals surface area contributed by atoms with Crippen molar-refractivity contribution >= 4 is 5.97 Å². The van der Waals surface area contributed by atoms with E-state index in [1.165, 1.54) is 6.42 Å². The molecule has 0 aromatic rings. The van der Waals surface area contributed by atoms with Crippen molar-refractivity contribution in [1.29, 1.82) is 0 Å². The SMILES string of the molecule is CC(C)N1CCCCC1C1(C(=O)O)CCCN1. The lowest BCUT2D eigenvalue weighted by molar-refractivity contribution is -0.148. The Morgan fingerprint density at radius 1 is 1.41 bits per heavy atom. The molecule has 98 valence electrons. The molecule has 2 atom stereocenters. The maximum Gasteiger partial charge on any atom is 0.325 e. The highest BCUT2D eigenvalue weighted by Crippen LogP contribution is 2.34. The Bertz CT molecular complexity index is 285. The molecule has 2 unspecified atom stereocenters. The largest absolute Gasteiger partial charge is 0.480 e. The molecule has 4 heteroatoms. The van der Waals surface area contributed by atoms with E-state index in [0.29, 0.717) is 6.04 Å². The minimum Gasteiger partial charge on any atom is -0.480 e. The van der Waals surface area contributed by atoms with Crippen molar-refractivity contribution in [3.8, 4) is 0 Å². The predicted octanol–water partition coefficient (Wildman–Crippen LogP) is 1.46. The Morgan fingerprint density at radius 2 is 2.18 bits per heavy atom. The van der Waals surface area contributed by atoms with Crippen LogP contribution in [0.5, 0.6) is 0 Å². The molecule has 0 aromatic heterocycles. The fourth-order valence-corrected chi connectivity index (χ4v) is 3.48. The fourth-order valence-electron chi connectivity index (χ4n) is 3.48. The number of carbonyl (C=O) groups is 1. The second-order valence-corrected chi connectivity index (χ2v) is 5.65. The van der Waals surface area contributed by atoms with E-state index in [1.807, 2.05) is 0 Å². The summed E-state index contributed by atoms with van der Waals surface area (Å²) in [5, 5.41) is 12.9. The van der Waals surface area contributed by atoms with Gasteiger partial charge in [-0.15, -0.1) is 0 Å². The van der Waals surface area contributed by atoms with Crippen LogP contribution in [-0.4, -0.2) is 46.7 Å². The summed E-state index contributed by atoms with van der Waals surface area (Å²) < 4.78 is 0. The average Bonchev–Trinajstić information content (AvgIpc) is 2.79. The van der Waals surface area contributed by atoms with Gasteiger partial charge in [0.25, 0.3) is 0 Å². The van der Waals surface area contributed by atoms with E-state index in [1.54, 1.807) is 0 Å². The molecule has 2 fully saturated rings. The molecule has 0 aromatic carbocycles. The quantitative estimate of drug-likeness (QED) is 0.784. The first-order valence-corrected chi connectivity index (χ1v) is 6.82. The van der Waals surface area contributed by atoms with Gasteiger partial charge < -0.3 is 10.4 Å². The summed E-state index contributed by atoms with van der Waals surface area (Å²) in [5.41, 5.74) is -0.690. The summed E-state index contributed by atoms with van der Waals surface area (Å²) >= 11 is 0. The minimum atomic E-state index is -0.690. The molecule has 0 bridgehead atoms. The molecular weight excluding hydrogens is 216 g/mol. The van der Waals surface area contributed by atoms with Crippen LogP contribution in [0.15, 0.2) is 0 Å². The lowest BCUT2D eigenvalue weighted by atomic mass is 9.81. The van der Waals surface area contributed by atoms with Gasteiger partial charge in [0.15, 0.2) is 0 Å². The number of carboxylic acid groups (broad SMARTS) is 1. The lowest BCUT2D eigenvalue weighted by Gasteiger charge is -2.46. The third kappa shape index (κ3) is 2.20. The fraction of sp³-hybridized carbons (Fsp3) is 0.923. The zero-order chi connectivity index (χ0) is 12.5. The summed E-state index contributed by atoms with van der Waals surface area (Å²) in [6.07, 6.45) is 5.12. The van der Waals surface area contributed by atoms with Crippen LogP contribution >= 0.6 is 0 Å².